The number of ether oxygens (including phenoxy) is 3. The van der Waals surface area contributed by atoms with Crippen LogP contribution < -0.4 is 14.4 Å². The Morgan fingerprint density at radius 2 is 1.75 bits per heavy atom. The summed E-state index contributed by atoms with van der Waals surface area (Å²) in [5.74, 6) is 1.51. The quantitative estimate of drug-likeness (QED) is 0.471. The van der Waals surface area contributed by atoms with E-state index >= 15 is 0 Å². The lowest BCUT2D eigenvalue weighted by molar-refractivity contribution is -0.0249. The van der Waals surface area contributed by atoms with Gasteiger partial charge in [-0.3, -0.25) is 4.90 Å². The molecule has 0 bridgehead atoms. The molecule has 0 saturated carbocycles. The number of methoxy groups -OCH3 is 1. The second-order valence-corrected chi connectivity index (χ2v) is 13.3. The third-order valence-corrected chi connectivity index (χ3v) is 11.0. The SMILES string of the molecule is COc1cc(C)c(S(=O)(=O)N2CCCCC2COc2nccc(N3CCC(C)(N4CCOCC4)CC3)n2)c(C)c1. The van der Waals surface area contributed by atoms with E-state index in [2.05, 4.69) is 21.7 Å². The first kappa shape index (κ1) is 29.0. The Labute approximate surface area is 238 Å². The van der Waals surface area contributed by atoms with Crippen LogP contribution in [-0.4, -0.2) is 98.8 Å². The molecule has 3 saturated heterocycles. The number of piperidine rings is 2. The molecule has 220 valence electrons. The summed E-state index contributed by atoms with van der Waals surface area (Å²) in [6, 6.07) is 5.49. The molecule has 1 aromatic heterocycles. The molecule has 3 fully saturated rings. The van der Waals surface area contributed by atoms with Crippen molar-refractivity contribution in [3.63, 3.8) is 0 Å². The van der Waals surface area contributed by atoms with Crippen molar-refractivity contribution in [2.75, 3.05) is 64.6 Å². The molecule has 1 aromatic carbocycles. The molecule has 10 nitrogen and oxygen atoms in total. The number of sulfonamides is 1. The van der Waals surface area contributed by atoms with Gasteiger partial charge in [0.15, 0.2) is 0 Å². The zero-order valence-corrected chi connectivity index (χ0v) is 25.1. The Morgan fingerprint density at radius 1 is 1.05 bits per heavy atom. The summed E-state index contributed by atoms with van der Waals surface area (Å²) in [4.78, 5) is 14.3. The highest BCUT2D eigenvalue weighted by atomic mass is 32.2. The Morgan fingerprint density at radius 3 is 2.42 bits per heavy atom. The smallest absolute Gasteiger partial charge is 0.318 e. The highest BCUT2D eigenvalue weighted by molar-refractivity contribution is 7.89. The standard InChI is InChI=1S/C29H43N5O5S/c1-22-19-25(37-4)20-23(2)27(22)40(35,36)34-12-6-5-7-24(34)21-39-28-30-11-8-26(31-28)32-13-9-29(3,10-14-32)33-15-17-38-18-16-33/h8,11,19-20,24H,5-7,9-10,12-18,21H2,1-4H3. The number of hydrogen-bond acceptors (Lipinski definition) is 9. The van der Waals surface area contributed by atoms with Crippen LogP contribution in [0.15, 0.2) is 29.3 Å². The summed E-state index contributed by atoms with van der Waals surface area (Å²) < 4.78 is 46.3. The Kier molecular flexibility index (Phi) is 8.84. The summed E-state index contributed by atoms with van der Waals surface area (Å²) in [5.41, 5.74) is 1.55. The van der Waals surface area contributed by atoms with Crippen molar-refractivity contribution in [3.05, 3.63) is 35.5 Å². The van der Waals surface area contributed by atoms with E-state index in [1.54, 1.807) is 29.7 Å². The summed E-state index contributed by atoms with van der Waals surface area (Å²) in [6.07, 6.45) is 6.37. The Hall–Kier alpha value is -2.47. The van der Waals surface area contributed by atoms with Gasteiger partial charge in [-0.2, -0.15) is 9.29 Å². The molecule has 4 heterocycles. The van der Waals surface area contributed by atoms with Crippen LogP contribution >= 0.6 is 0 Å². The van der Waals surface area contributed by atoms with Crippen LogP contribution in [0.2, 0.25) is 0 Å². The van der Waals surface area contributed by atoms with Gasteiger partial charge in [-0.25, -0.2) is 13.4 Å². The van der Waals surface area contributed by atoms with E-state index in [-0.39, 0.29) is 18.2 Å². The molecule has 0 aliphatic carbocycles. The van der Waals surface area contributed by atoms with Crippen molar-refractivity contribution in [2.45, 2.75) is 69.4 Å². The lowest BCUT2D eigenvalue weighted by Gasteiger charge is -2.48. The van der Waals surface area contributed by atoms with Crippen molar-refractivity contribution < 1.29 is 22.6 Å². The van der Waals surface area contributed by atoms with Crippen molar-refractivity contribution in [1.82, 2.24) is 19.2 Å². The van der Waals surface area contributed by atoms with Gasteiger partial charge in [0, 0.05) is 44.5 Å². The van der Waals surface area contributed by atoms with E-state index in [1.165, 1.54) is 0 Å². The summed E-state index contributed by atoms with van der Waals surface area (Å²) in [6.45, 7) is 12.1. The van der Waals surface area contributed by atoms with Crippen LogP contribution in [0.1, 0.15) is 50.2 Å². The molecular formula is C29H43N5O5S. The minimum absolute atomic E-state index is 0.184. The largest absolute Gasteiger partial charge is 0.497 e. The van der Waals surface area contributed by atoms with E-state index in [0.717, 1.165) is 77.3 Å². The third kappa shape index (κ3) is 6.07. The van der Waals surface area contributed by atoms with Crippen LogP contribution in [0.3, 0.4) is 0 Å². The van der Waals surface area contributed by atoms with Gasteiger partial charge in [0.1, 0.15) is 18.2 Å². The maximum atomic E-state index is 13.9. The van der Waals surface area contributed by atoms with Gasteiger partial charge in [0.2, 0.25) is 10.0 Å². The second-order valence-electron chi connectivity index (χ2n) is 11.4. The molecule has 0 spiro atoms. The number of aryl methyl sites for hydroxylation is 2. The molecule has 3 aliphatic rings. The maximum Gasteiger partial charge on any atom is 0.318 e. The normalized spacial score (nSPS) is 22.7. The number of morpholine rings is 1. The highest BCUT2D eigenvalue weighted by Gasteiger charge is 2.38. The lowest BCUT2D eigenvalue weighted by Crippen LogP contribution is -2.56. The lowest BCUT2D eigenvalue weighted by atomic mass is 9.87. The zero-order chi connectivity index (χ0) is 28.3. The van der Waals surface area contributed by atoms with Crippen LogP contribution in [0, 0.1) is 13.8 Å². The summed E-state index contributed by atoms with van der Waals surface area (Å²) in [7, 11) is -2.12. The first-order chi connectivity index (χ1) is 19.2. The van der Waals surface area contributed by atoms with E-state index in [9.17, 15) is 8.42 Å². The van der Waals surface area contributed by atoms with Crippen molar-refractivity contribution in [1.29, 1.82) is 0 Å². The first-order valence-corrected chi connectivity index (χ1v) is 15.9. The number of hydrogen-bond donors (Lipinski definition) is 0. The van der Waals surface area contributed by atoms with Gasteiger partial charge in [0.05, 0.1) is 31.3 Å². The highest BCUT2D eigenvalue weighted by Crippen LogP contribution is 2.33. The predicted octanol–water partition coefficient (Wildman–Crippen LogP) is 3.42. The van der Waals surface area contributed by atoms with Gasteiger partial charge >= 0.3 is 6.01 Å². The van der Waals surface area contributed by atoms with Crippen molar-refractivity contribution >= 4 is 15.8 Å². The molecular weight excluding hydrogens is 530 g/mol. The van der Waals surface area contributed by atoms with Gasteiger partial charge in [-0.1, -0.05) is 6.42 Å². The number of anilines is 1. The minimum Gasteiger partial charge on any atom is -0.497 e. The van der Waals surface area contributed by atoms with Gasteiger partial charge < -0.3 is 19.1 Å². The van der Waals surface area contributed by atoms with E-state index in [1.807, 2.05) is 19.9 Å². The van der Waals surface area contributed by atoms with Crippen LogP contribution in [0.25, 0.3) is 0 Å². The van der Waals surface area contributed by atoms with Crippen LogP contribution in [0.4, 0.5) is 5.82 Å². The summed E-state index contributed by atoms with van der Waals surface area (Å²) >= 11 is 0. The zero-order valence-electron chi connectivity index (χ0n) is 24.3. The second kappa shape index (κ2) is 12.2. The fourth-order valence-electron chi connectivity index (χ4n) is 6.39. The number of benzene rings is 1. The molecule has 0 radical (unpaired) electrons. The van der Waals surface area contributed by atoms with Crippen LogP contribution in [-0.2, 0) is 14.8 Å². The number of aromatic nitrogens is 2. The molecule has 0 amide bonds. The predicted molar refractivity (Wildman–Crippen MR) is 154 cm³/mol. The fraction of sp³-hybridized carbons (Fsp3) is 0.655. The molecule has 3 aliphatic heterocycles. The topological polar surface area (TPSA) is 97.3 Å². The van der Waals surface area contributed by atoms with E-state index in [4.69, 9.17) is 19.2 Å². The molecule has 5 rings (SSSR count). The molecule has 1 unspecified atom stereocenters. The maximum absolute atomic E-state index is 13.9. The molecule has 40 heavy (non-hydrogen) atoms. The van der Waals surface area contributed by atoms with Gasteiger partial charge in [0.25, 0.3) is 0 Å². The van der Waals surface area contributed by atoms with Gasteiger partial charge in [-0.05, 0) is 75.8 Å². The van der Waals surface area contributed by atoms with Gasteiger partial charge in [-0.15, -0.1) is 0 Å². The molecule has 0 N–H and O–H groups in total. The van der Waals surface area contributed by atoms with Crippen molar-refractivity contribution in [3.8, 4) is 11.8 Å². The van der Waals surface area contributed by atoms with Crippen LogP contribution in [0.5, 0.6) is 11.8 Å². The average Bonchev–Trinajstić information content (AvgIpc) is 2.96. The molecule has 2 aromatic rings. The third-order valence-electron chi connectivity index (χ3n) is 8.77. The Bertz CT molecular complexity index is 1250. The average molecular weight is 574 g/mol. The molecule has 1 atom stereocenters. The first-order valence-electron chi connectivity index (χ1n) is 14.4. The van der Waals surface area contributed by atoms with Crippen molar-refractivity contribution in [2.24, 2.45) is 0 Å². The molecule has 11 heteroatoms. The fourth-order valence-corrected chi connectivity index (χ4v) is 8.49. The number of rotatable bonds is 8. The monoisotopic (exact) mass is 573 g/mol. The Balaban J connectivity index is 1.24. The number of nitrogens with zero attached hydrogens (tertiary/aromatic N) is 5. The van der Waals surface area contributed by atoms with E-state index in [0.29, 0.717) is 34.3 Å². The van der Waals surface area contributed by atoms with E-state index < -0.39 is 10.0 Å². The summed E-state index contributed by atoms with van der Waals surface area (Å²) in [5, 5.41) is 0. The minimum atomic E-state index is -3.71.